The number of nitrogens with zero attached hydrogens (tertiary/aromatic N) is 5. The second-order valence-corrected chi connectivity index (χ2v) is 10.2. The number of methoxy groups -OCH3 is 1. The molecule has 9 heteroatoms. The molecule has 1 aliphatic rings. The normalized spacial score (nSPS) is 16.4. The summed E-state index contributed by atoms with van der Waals surface area (Å²) in [6.07, 6.45) is 2.98. The summed E-state index contributed by atoms with van der Waals surface area (Å²) in [5, 5.41) is 13.8. The van der Waals surface area contributed by atoms with Gasteiger partial charge in [-0.15, -0.1) is 5.10 Å². The summed E-state index contributed by atoms with van der Waals surface area (Å²) in [5.74, 6) is 1.60. The monoisotopic (exact) mass is 516 g/mol. The quantitative estimate of drug-likeness (QED) is 0.332. The Morgan fingerprint density at radius 3 is 2.71 bits per heavy atom. The lowest BCUT2D eigenvalue weighted by Gasteiger charge is -2.30. The van der Waals surface area contributed by atoms with Crippen LogP contribution in [-0.4, -0.2) is 49.9 Å². The van der Waals surface area contributed by atoms with E-state index in [1.165, 1.54) is 5.56 Å². The third-order valence-electron chi connectivity index (χ3n) is 7.37. The van der Waals surface area contributed by atoms with Crippen molar-refractivity contribution in [2.24, 2.45) is 0 Å². The molecule has 0 spiro atoms. The van der Waals surface area contributed by atoms with Crippen molar-refractivity contribution < 1.29 is 9.47 Å². The molecule has 0 amide bonds. The molecule has 4 aromatic rings. The molecule has 2 atom stereocenters. The number of pyridine rings is 1. The number of aromatic nitrogens is 5. The highest BCUT2D eigenvalue weighted by Crippen LogP contribution is 2.28. The van der Waals surface area contributed by atoms with Gasteiger partial charge in [-0.2, -0.15) is 0 Å². The Kier molecular flexibility index (Phi) is 7.85. The maximum Gasteiger partial charge on any atom is 0.252 e. The Hall–Kier alpha value is -3.56. The van der Waals surface area contributed by atoms with Crippen LogP contribution in [0.5, 0.6) is 5.75 Å². The minimum Gasteiger partial charge on any atom is -0.497 e. The van der Waals surface area contributed by atoms with E-state index in [0.717, 1.165) is 59.5 Å². The number of hydrogen-bond donors (Lipinski definition) is 1. The third kappa shape index (κ3) is 5.63. The zero-order chi connectivity index (χ0) is 26.6. The number of H-pyrrole nitrogens is 1. The van der Waals surface area contributed by atoms with Gasteiger partial charge in [-0.25, -0.2) is 4.68 Å². The van der Waals surface area contributed by atoms with E-state index in [-0.39, 0.29) is 17.7 Å². The highest BCUT2D eigenvalue weighted by Gasteiger charge is 2.28. The van der Waals surface area contributed by atoms with Crippen LogP contribution in [0, 0.1) is 13.8 Å². The predicted octanol–water partition coefficient (Wildman–Crippen LogP) is 4.47. The molecule has 2 aromatic carbocycles. The van der Waals surface area contributed by atoms with E-state index in [2.05, 4.69) is 63.5 Å². The van der Waals surface area contributed by atoms with Crippen molar-refractivity contribution in [2.45, 2.75) is 71.8 Å². The minimum absolute atomic E-state index is 0.0713. The zero-order valence-corrected chi connectivity index (χ0v) is 22.6. The van der Waals surface area contributed by atoms with Gasteiger partial charge in [0.05, 0.1) is 31.3 Å². The van der Waals surface area contributed by atoms with Crippen molar-refractivity contribution in [1.29, 1.82) is 0 Å². The van der Waals surface area contributed by atoms with Gasteiger partial charge in [0.25, 0.3) is 5.56 Å². The molecule has 38 heavy (non-hydrogen) atoms. The van der Waals surface area contributed by atoms with Crippen molar-refractivity contribution in [1.82, 2.24) is 30.1 Å². The van der Waals surface area contributed by atoms with Crippen LogP contribution >= 0.6 is 0 Å². The average molecular weight is 517 g/mol. The molecule has 5 rings (SSSR count). The van der Waals surface area contributed by atoms with E-state index in [4.69, 9.17) is 9.47 Å². The Labute approximate surface area is 222 Å². The molecule has 1 saturated heterocycles. The highest BCUT2D eigenvalue weighted by molar-refractivity contribution is 5.82. The molecule has 200 valence electrons. The van der Waals surface area contributed by atoms with Crippen LogP contribution in [0.4, 0.5) is 0 Å². The summed E-state index contributed by atoms with van der Waals surface area (Å²) in [7, 11) is 1.66. The molecule has 1 aliphatic heterocycles. The number of ether oxygens (including phenoxy) is 2. The lowest BCUT2D eigenvalue weighted by atomic mass is 10.0. The van der Waals surface area contributed by atoms with Crippen LogP contribution in [-0.2, 0) is 24.4 Å². The van der Waals surface area contributed by atoms with Gasteiger partial charge >= 0.3 is 0 Å². The average Bonchev–Trinajstić information content (AvgIpc) is 3.59. The van der Waals surface area contributed by atoms with Crippen molar-refractivity contribution in [3.63, 3.8) is 0 Å². The SMILES string of the molecule is CC[C@@H](c1nnnn1C[C@H]1CCCO1)N(Cc1ccc(OC)cc1)Cc1cc2cc(C)cc(C)c2[nH]c1=O. The summed E-state index contributed by atoms with van der Waals surface area (Å²) in [5.41, 5.74) is 4.89. The van der Waals surface area contributed by atoms with E-state index in [1.54, 1.807) is 7.11 Å². The lowest BCUT2D eigenvalue weighted by Crippen LogP contribution is -2.33. The number of fused-ring (bicyclic) bond motifs is 1. The Morgan fingerprint density at radius 1 is 1.18 bits per heavy atom. The molecule has 1 N–H and O–H groups in total. The van der Waals surface area contributed by atoms with Crippen LogP contribution in [0.2, 0.25) is 0 Å². The largest absolute Gasteiger partial charge is 0.497 e. The van der Waals surface area contributed by atoms with E-state index in [9.17, 15) is 4.79 Å². The van der Waals surface area contributed by atoms with Crippen LogP contribution in [0.25, 0.3) is 10.9 Å². The smallest absolute Gasteiger partial charge is 0.252 e. The van der Waals surface area contributed by atoms with E-state index in [1.807, 2.05) is 29.8 Å². The predicted molar refractivity (Wildman–Crippen MR) is 146 cm³/mol. The van der Waals surface area contributed by atoms with Crippen molar-refractivity contribution >= 4 is 10.9 Å². The van der Waals surface area contributed by atoms with Crippen LogP contribution in [0.3, 0.4) is 0 Å². The standard InChI is InChI=1S/C29H36N6O3/c1-5-26(28-31-32-33-35(28)18-25-7-6-12-38-25)34(16-21-8-10-24(37-4)11-9-21)17-23-15-22-14-19(2)13-20(3)27(22)30-29(23)36/h8-11,13-15,25-26H,5-7,12,16-18H2,1-4H3,(H,30,36)/t25-,26+/m1/s1. The van der Waals surface area contributed by atoms with E-state index < -0.39 is 0 Å². The Balaban J connectivity index is 1.51. The highest BCUT2D eigenvalue weighted by atomic mass is 16.5. The first kappa shape index (κ1) is 26.1. The number of rotatable bonds is 10. The fourth-order valence-corrected chi connectivity index (χ4v) is 5.48. The van der Waals surface area contributed by atoms with Crippen molar-refractivity contribution in [3.8, 4) is 5.75 Å². The molecule has 1 fully saturated rings. The number of benzene rings is 2. The molecule has 0 bridgehead atoms. The van der Waals surface area contributed by atoms with Gasteiger partial charge in [0.15, 0.2) is 5.82 Å². The first-order valence-corrected chi connectivity index (χ1v) is 13.3. The van der Waals surface area contributed by atoms with Gasteiger partial charge in [0.1, 0.15) is 5.75 Å². The van der Waals surface area contributed by atoms with Gasteiger partial charge in [0.2, 0.25) is 0 Å². The summed E-state index contributed by atoms with van der Waals surface area (Å²) in [4.78, 5) is 18.7. The number of nitrogens with one attached hydrogen (secondary N) is 1. The van der Waals surface area contributed by atoms with Crippen LogP contribution in [0.1, 0.15) is 60.3 Å². The molecule has 2 aromatic heterocycles. The van der Waals surface area contributed by atoms with Gasteiger partial charge in [-0.05, 0) is 84.3 Å². The fraction of sp³-hybridized carbons (Fsp3) is 0.448. The van der Waals surface area contributed by atoms with Crippen molar-refractivity contribution in [2.75, 3.05) is 13.7 Å². The molecule has 0 aliphatic carbocycles. The van der Waals surface area contributed by atoms with E-state index >= 15 is 0 Å². The summed E-state index contributed by atoms with van der Waals surface area (Å²) in [6, 6.07) is 14.2. The second-order valence-electron chi connectivity index (χ2n) is 10.2. The lowest BCUT2D eigenvalue weighted by molar-refractivity contribution is 0.0888. The third-order valence-corrected chi connectivity index (χ3v) is 7.37. The molecule has 9 nitrogen and oxygen atoms in total. The zero-order valence-electron chi connectivity index (χ0n) is 22.6. The van der Waals surface area contributed by atoms with Gasteiger partial charge < -0.3 is 14.5 Å². The fourth-order valence-electron chi connectivity index (χ4n) is 5.48. The minimum atomic E-state index is -0.0946. The van der Waals surface area contributed by atoms with Gasteiger partial charge in [-0.1, -0.05) is 30.7 Å². The van der Waals surface area contributed by atoms with Gasteiger partial charge in [0, 0.05) is 25.3 Å². The Morgan fingerprint density at radius 2 is 2.00 bits per heavy atom. The number of aromatic amines is 1. The maximum atomic E-state index is 13.3. The first-order chi connectivity index (χ1) is 18.4. The summed E-state index contributed by atoms with van der Waals surface area (Å²) >= 11 is 0. The molecule has 0 saturated carbocycles. The molecule has 0 unspecified atom stereocenters. The van der Waals surface area contributed by atoms with E-state index in [0.29, 0.717) is 25.2 Å². The number of aryl methyl sites for hydroxylation is 2. The first-order valence-electron chi connectivity index (χ1n) is 13.3. The second kappa shape index (κ2) is 11.4. The Bertz CT molecular complexity index is 1440. The summed E-state index contributed by atoms with van der Waals surface area (Å²) < 4.78 is 13.1. The molecular weight excluding hydrogens is 480 g/mol. The number of hydrogen-bond acceptors (Lipinski definition) is 7. The number of tetrazole rings is 1. The van der Waals surface area contributed by atoms with Crippen molar-refractivity contribution in [3.05, 3.63) is 80.9 Å². The molecular formula is C29H36N6O3. The molecule has 3 heterocycles. The maximum absolute atomic E-state index is 13.3. The summed E-state index contributed by atoms with van der Waals surface area (Å²) in [6.45, 7) is 8.73. The van der Waals surface area contributed by atoms with Gasteiger partial charge in [-0.3, -0.25) is 9.69 Å². The van der Waals surface area contributed by atoms with Crippen LogP contribution < -0.4 is 10.3 Å². The topological polar surface area (TPSA) is 98.2 Å². The van der Waals surface area contributed by atoms with Crippen LogP contribution in [0.15, 0.2) is 47.3 Å². The molecule has 0 radical (unpaired) electrons.